The fourth-order valence-electron chi connectivity index (χ4n) is 3.78. The van der Waals surface area contributed by atoms with E-state index < -0.39 is 0 Å². The lowest BCUT2D eigenvalue weighted by Crippen LogP contribution is -2.36. The van der Waals surface area contributed by atoms with Crippen LogP contribution in [0.5, 0.6) is 0 Å². The van der Waals surface area contributed by atoms with Gasteiger partial charge in [-0.05, 0) is 67.2 Å². The maximum Gasteiger partial charge on any atom is 0.0402 e. The van der Waals surface area contributed by atoms with E-state index in [1.165, 1.54) is 54.4 Å². The van der Waals surface area contributed by atoms with E-state index in [0.717, 1.165) is 6.54 Å². The molecular weight excluding hydrogens is 276 g/mol. The molecule has 3 rings (SSSR count). The largest absolute Gasteiger partial charge is 0.330 e. The second kappa shape index (κ2) is 6.91. The van der Waals surface area contributed by atoms with Crippen LogP contribution in [0.1, 0.15) is 44.2 Å². The average Bonchev–Trinajstić information content (AvgIpc) is 2.83. The fourth-order valence-corrected chi connectivity index (χ4v) is 4.77. The number of rotatable bonds is 4. The van der Waals surface area contributed by atoms with Crippen LogP contribution in [-0.4, -0.2) is 24.5 Å². The highest BCUT2D eigenvalue weighted by Crippen LogP contribution is 2.40. The summed E-state index contributed by atoms with van der Waals surface area (Å²) in [5.41, 5.74) is 7.66. The summed E-state index contributed by atoms with van der Waals surface area (Å²) in [4.78, 5) is 2.69. The topological polar surface area (TPSA) is 29.3 Å². The summed E-state index contributed by atoms with van der Waals surface area (Å²) < 4.78 is 1.41. The Kier molecular flexibility index (Phi) is 4.94. The summed E-state index contributed by atoms with van der Waals surface area (Å²) in [6.07, 6.45) is 5.12. The Morgan fingerprint density at radius 1 is 1.29 bits per heavy atom. The molecule has 0 radical (unpaired) electrons. The second-order valence-corrected chi connectivity index (χ2v) is 7.07. The Hall–Kier alpha value is -0.900. The Morgan fingerprint density at radius 3 is 2.95 bits per heavy atom. The smallest absolute Gasteiger partial charge is 0.0402 e. The minimum absolute atomic E-state index is 0.508. The Bertz CT molecular complexity index is 577. The third kappa shape index (κ3) is 3.01. The number of nitrogens with zero attached hydrogens (tertiary/aromatic N) is 1. The number of hydrogen-bond acceptors (Lipinski definition) is 3. The van der Waals surface area contributed by atoms with Crippen molar-refractivity contribution < 1.29 is 0 Å². The van der Waals surface area contributed by atoms with E-state index in [4.69, 9.17) is 5.73 Å². The monoisotopic (exact) mass is 302 g/mol. The second-order valence-electron chi connectivity index (χ2n) is 6.16. The molecule has 0 bridgehead atoms. The maximum absolute atomic E-state index is 6.15. The van der Waals surface area contributed by atoms with Crippen LogP contribution in [-0.2, 0) is 0 Å². The lowest BCUT2D eigenvalue weighted by Gasteiger charge is -2.34. The number of fused-ring (bicyclic) bond motifs is 1. The highest BCUT2D eigenvalue weighted by molar-refractivity contribution is 7.17. The predicted molar refractivity (Wildman–Crippen MR) is 92.8 cm³/mol. The van der Waals surface area contributed by atoms with Crippen LogP contribution in [0.25, 0.3) is 10.1 Å². The predicted octanol–water partition coefficient (Wildman–Crippen LogP) is 4.41. The zero-order chi connectivity index (χ0) is 14.7. The van der Waals surface area contributed by atoms with Gasteiger partial charge in [-0.1, -0.05) is 31.5 Å². The van der Waals surface area contributed by atoms with Crippen molar-refractivity contribution >= 4 is 21.4 Å². The Balaban J connectivity index is 2.03. The molecule has 21 heavy (non-hydrogen) atoms. The summed E-state index contributed by atoms with van der Waals surface area (Å²) in [7, 11) is 0. The van der Waals surface area contributed by atoms with Gasteiger partial charge in [0.15, 0.2) is 0 Å². The van der Waals surface area contributed by atoms with Crippen molar-refractivity contribution in [3.05, 3.63) is 35.2 Å². The van der Waals surface area contributed by atoms with Crippen molar-refractivity contribution in [2.75, 3.05) is 19.6 Å². The lowest BCUT2D eigenvalue weighted by atomic mass is 9.89. The SMILES string of the molecule is CCCN1CCCCC(CN)C1c1csc2ccccc12. The normalized spacial score (nSPS) is 24.3. The van der Waals surface area contributed by atoms with Crippen LogP contribution in [0.15, 0.2) is 29.6 Å². The summed E-state index contributed by atoms with van der Waals surface area (Å²) >= 11 is 1.88. The molecule has 1 aliphatic rings. The summed E-state index contributed by atoms with van der Waals surface area (Å²) in [6.45, 7) is 5.49. The molecule has 2 aromatic rings. The van der Waals surface area contributed by atoms with Crippen molar-refractivity contribution in [2.24, 2.45) is 11.7 Å². The third-order valence-corrected chi connectivity index (χ3v) is 5.74. The molecule has 1 fully saturated rings. The molecule has 2 N–H and O–H groups in total. The van der Waals surface area contributed by atoms with E-state index in [1.807, 2.05) is 11.3 Å². The number of hydrogen-bond donors (Lipinski definition) is 1. The standard InChI is InChI=1S/C18H26N2S/c1-2-10-20-11-6-5-7-14(12-19)18(20)16-13-21-17-9-4-3-8-15(16)17/h3-4,8-9,13-14,18H,2,5-7,10-12,19H2,1H3. The van der Waals surface area contributed by atoms with Crippen LogP contribution in [0.4, 0.5) is 0 Å². The van der Waals surface area contributed by atoms with E-state index in [-0.39, 0.29) is 0 Å². The quantitative estimate of drug-likeness (QED) is 0.906. The average molecular weight is 302 g/mol. The van der Waals surface area contributed by atoms with Gasteiger partial charge in [-0.25, -0.2) is 0 Å². The van der Waals surface area contributed by atoms with Gasteiger partial charge in [0.05, 0.1) is 0 Å². The van der Waals surface area contributed by atoms with Crippen LogP contribution in [0.2, 0.25) is 0 Å². The molecule has 114 valence electrons. The summed E-state index contributed by atoms with van der Waals surface area (Å²) in [5.74, 6) is 0.594. The zero-order valence-electron chi connectivity index (χ0n) is 12.9. The van der Waals surface area contributed by atoms with E-state index in [2.05, 4.69) is 41.5 Å². The van der Waals surface area contributed by atoms with Crippen molar-refractivity contribution in [3.8, 4) is 0 Å². The molecule has 0 amide bonds. The molecule has 0 spiro atoms. The lowest BCUT2D eigenvalue weighted by molar-refractivity contribution is 0.160. The van der Waals surface area contributed by atoms with Crippen molar-refractivity contribution in [1.29, 1.82) is 0 Å². The van der Waals surface area contributed by atoms with Gasteiger partial charge in [0, 0.05) is 10.7 Å². The molecule has 3 heteroatoms. The number of thiophene rings is 1. The Morgan fingerprint density at radius 2 is 2.14 bits per heavy atom. The number of nitrogens with two attached hydrogens (primary N) is 1. The van der Waals surface area contributed by atoms with Crippen molar-refractivity contribution in [1.82, 2.24) is 4.90 Å². The molecule has 2 heterocycles. The van der Waals surface area contributed by atoms with Gasteiger partial charge in [0.1, 0.15) is 0 Å². The van der Waals surface area contributed by atoms with E-state index >= 15 is 0 Å². The first-order valence-electron chi connectivity index (χ1n) is 8.25. The van der Waals surface area contributed by atoms with E-state index in [9.17, 15) is 0 Å². The molecule has 2 unspecified atom stereocenters. The van der Waals surface area contributed by atoms with Crippen LogP contribution < -0.4 is 5.73 Å². The molecule has 0 saturated carbocycles. The van der Waals surface area contributed by atoms with Gasteiger partial charge in [-0.15, -0.1) is 11.3 Å². The molecule has 1 aliphatic heterocycles. The molecule has 2 atom stereocenters. The minimum atomic E-state index is 0.508. The molecule has 0 aliphatic carbocycles. The molecular formula is C18H26N2S. The van der Waals surface area contributed by atoms with Gasteiger partial charge >= 0.3 is 0 Å². The van der Waals surface area contributed by atoms with Gasteiger partial charge in [0.2, 0.25) is 0 Å². The number of likely N-dealkylation sites (tertiary alicyclic amines) is 1. The van der Waals surface area contributed by atoms with E-state index in [1.54, 1.807) is 0 Å². The van der Waals surface area contributed by atoms with Gasteiger partial charge in [0.25, 0.3) is 0 Å². The molecule has 1 aromatic carbocycles. The van der Waals surface area contributed by atoms with Crippen molar-refractivity contribution in [3.63, 3.8) is 0 Å². The Labute approximate surface area is 131 Å². The highest BCUT2D eigenvalue weighted by Gasteiger charge is 2.31. The van der Waals surface area contributed by atoms with Gasteiger partial charge < -0.3 is 5.73 Å². The summed E-state index contributed by atoms with van der Waals surface area (Å²) in [6, 6.07) is 9.33. The first-order chi connectivity index (χ1) is 10.3. The minimum Gasteiger partial charge on any atom is -0.330 e. The van der Waals surface area contributed by atoms with Gasteiger partial charge in [-0.2, -0.15) is 0 Å². The zero-order valence-corrected chi connectivity index (χ0v) is 13.7. The molecule has 1 aromatic heterocycles. The maximum atomic E-state index is 6.15. The van der Waals surface area contributed by atoms with Crippen LogP contribution in [0, 0.1) is 5.92 Å². The number of benzene rings is 1. The van der Waals surface area contributed by atoms with Crippen LogP contribution in [0.3, 0.4) is 0 Å². The first-order valence-corrected chi connectivity index (χ1v) is 9.13. The first kappa shape index (κ1) is 15.0. The van der Waals surface area contributed by atoms with Crippen LogP contribution >= 0.6 is 11.3 Å². The third-order valence-electron chi connectivity index (χ3n) is 4.75. The molecule has 2 nitrogen and oxygen atoms in total. The fraction of sp³-hybridized carbons (Fsp3) is 0.556. The van der Waals surface area contributed by atoms with Gasteiger partial charge in [-0.3, -0.25) is 4.90 Å². The highest BCUT2D eigenvalue weighted by atomic mass is 32.1. The molecule has 1 saturated heterocycles. The summed E-state index contributed by atoms with van der Waals surface area (Å²) in [5, 5.41) is 3.82. The van der Waals surface area contributed by atoms with Crippen molar-refractivity contribution in [2.45, 2.75) is 38.6 Å². The van der Waals surface area contributed by atoms with E-state index in [0.29, 0.717) is 12.0 Å².